The number of hydrogen-bond acceptors (Lipinski definition) is 3. The summed E-state index contributed by atoms with van der Waals surface area (Å²) in [5.41, 5.74) is 2.53. The molecule has 3 nitrogen and oxygen atoms in total. The highest BCUT2D eigenvalue weighted by Crippen LogP contribution is 2.37. The molecule has 1 N–H and O–H groups in total. The van der Waals surface area contributed by atoms with E-state index in [1.165, 1.54) is 36.8 Å². The van der Waals surface area contributed by atoms with Crippen LogP contribution in [0.4, 0.5) is 0 Å². The molecular weight excluding hydrogens is 238 g/mol. The molecule has 19 heavy (non-hydrogen) atoms. The van der Waals surface area contributed by atoms with E-state index in [9.17, 15) is 5.11 Å². The zero-order chi connectivity index (χ0) is 13.2. The number of aliphatic hydroxyl groups is 1. The predicted octanol–water partition coefficient (Wildman–Crippen LogP) is 2.63. The minimum Gasteiger partial charge on any atom is -0.394 e. The molecule has 0 bridgehead atoms. The van der Waals surface area contributed by atoms with Crippen molar-refractivity contribution in [2.45, 2.75) is 51.0 Å². The SMILES string of the molecule is Cc1ccccc1C1OC(CO)CN1C1CCCC1. The van der Waals surface area contributed by atoms with E-state index in [-0.39, 0.29) is 18.9 Å². The standard InChI is InChI=1S/C16H23NO2/c1-12-6-2-5-9-15(12)16-17(10-14(11-18)19-16)13-7-3-4-8-13/h2,5-6,9,13-14,16,18H,3-4,7-8,10-11H2,1H3. The van der Waals surface area contributed by atoms with E-state index < -0.39 is 0 Å². The van der Waals surface area contributed by atoms with Crippen molar-refractivity contribution in [3.05, 3.63) is 35.4 Å². The van der Waals surface area contributed by atoms with Crippen LogP contribution >= 0.6 is 0 Å². The predicted molar refractivity (Wildman–Crippen MR) is 74.8 cm³/mol. The van der Waals surface area contributed by atoms with Crippen LogP contribution in [0.25, 0.3) is 0 Å². The number of hydrogen-bond donors (Lipinski definition) is 1. The lowest BCUT2D eigenvalue weighted by Crippen LogP contribution is -2.34. The first-order chi connectivity index (χ1) is 9.29. The summed E-state index contributed by atoms with van der Waals surface area (Å²) in [4.78, 5) is 2.47. The highest BCUT2D eigenvalue weighted by Gasteiger charge is 2.39. The molecule has 3 heteroatoms. The summed E-state index contributed by atoms with van der Waals surface area (Å²) < 4.78 is 6.08. The Morgan fingerprint density at radius 3 is 2.68 bits per heavy atom. The molecule has 1 aromatic carbocycles. The van der Waals surface area contributed by atoms with Gasteiger partial charge in [-0.05, 0) is 30.9 Å². The van der Waals surface area contributed by atoms with Crippen molar-refractivity contribution >= 4 is 0 Å². The minimum absolute atomic E-state index is 0.0291. The van der Waals surface area contributed by atoms with E-state index in [0.29, 0.717) is 6.04 Å². The molecule has 0 radical (unpaired) electrons. The third-order valence-electron chi connectivity index (χ3n) is 4.49. The van der Waals surface area contributed by atoms with E-state index in [1.54, 1.807) is 0 Å². The van der Waals surface area contributed by atoms with Gasteiger partial charge in [0.05, 0.1) is 12.7 Å². The van der Waals surface area contributed by atoms with Gasteiger partial charge in [-0.2, -0.15) is 0 Å². The van der Waals surface area contributed by atoms with Gasteiger partial charge in [-0.25, -0.2) is 0 Å². The zero-order valence-corrected chi connectivity index (χ0v) is 11.6. The number of aliphatic hydroxyl groups excluding tert-OH is 1. The lowest BCUT2D eigenvalue weighted by Gasteiger charge is -2.29. The summed E-state index contributed by atoms with van der Waals surface area (Å²) in [7, 11) is 0. The maximum Gasteiger partial charge on any atom is 0.137 e. The molecule has 0 spiro atoms. The van der Waals surface area contributed by atoms with Crippen molar-refractivity contribution in [2.24, 2.45) is 0 Å². The van der Waals surface area contributed by atoms with Crippen molar-refractivity contribution < 1.29 is 9.84 Å². The van der Waals surface area contributed by atoms with Crippen molar-refractivity contribution in [3.63, 3.8) is 0 Å². The van der Waals surface area contributed by atoms with Crippen LogP contribution < -0.4 is 0 Å². The maximum absolute atomic E-state index is 9.41. The smallest absolute Gasteiger partial charge is 0.137 e. The molecule has 104 valence electrons. The fourth-order valence-corrected chi connectivity index (χ4v) is 3.43. The highest BCUT2D eigenvalue weighted by molar-refractivity contribution is 5.28. The molecule has 2 unspecified atom stereocenters. The van der Waals surface area contributed by atoms with Crippen LogP contribution in [0.3, 0.4) is 0 Å². The van der Waals surface area contributed by atoms with Crippen LogP contribution in [-0.4, -0.2) is 35.3 Å². The Morgan fingerprint density at radius 1 is 1.26 bits per heavy atom. The summed E-state index contributed by atoms with van der Waals surface area (Å²) in [6.45, 7) is 3.11. The van der Waals surface area contributed by atoms with Gasteiger partial charge in [-0.15, -0.1) is 0 Å². The second-order valence-corrected chi connectivity index (χ2v) is 5.78. The summed E-state index contributed by atoms with van der Waals surface area (Å²) in [5, 5.41) is 9.41. The monoisotopic (exact) mass is 261 g/mol. The Hall–Kier alpha value is -0.900. The third kappa shape index (κ3) is 2.55. The average molecular weight is 261 g/mol. The van der Waals surface area contributed by atoms with E-state index in [1.807, 2.05) is 0 Å². The maximum atomic E-state index is 9.41. The molecule has 2 fully saturated rings. The van der Waals surface area contributed by atoms with Crippen LogP contribution in [-0.2, 0) is 4.74 Å². The van der Waals surface area contributed by atoms with E-state index in [2.05, 4.69) is 36.1 Å². The molecule has 1 aromatic rings. The fourth-order valence-electron chi connectivity index (χ4n) is 3.43. The highest BCUT2D eigenvalue weighted by atomic mass is 16.5. The fraction of sp³-hybridized carbons (Fsp3) is 0.625. The van der Waals surface area contributed by atoms with Crippen molar-refractivity contribution in [3.8, 4) is 0 Å². The lowest BCUT2D eigenvalue weighted by molar-refractivity contribution is -0.0299. The number of rotatable bonds is 3. The first-order valence-corrected chi connectivity index (χ1v) is 7.37. The average Bonchev–Trinajstić information content (AvgIpc) is 3.08. The molecule has 3 rings (SSSR count). The van der Waals surface area contributed by atoms with Crippen LogP contribution in [0, 0.1) is 6.92 Å². The van der Waals surface area contributed by atoms with Crippen molar-refractivity contribution in [1.82, 2.24) is 4.90 Å². The quantitative estimate of drug-likeness (QED) is 0.908. The van der Waals surface area contributed by atoms with Crippen LogP contribution in [0.1, 0.15) is 43.0 Å². The number of nitrogens with zero attached hydrogens (tertiary/aromatic N) is 1. The molecule has 1 aliphatic carbocycles. The second kappa shape index (κ2) is 5.61. The zero-order valence-electron chi connectivity index (χ0n) is 11.6. The molecule has 0 amide bonds. The molecule has 2 atom stereocenters. The molecule has 1 aliphatic heterocycles. The first-order valence-electron chi connectivity index (χ1n) is 7.37. The van der Waals surface area contributed by atoms with E-state index in [0.717, 1.165) is 6.54 Å². The Bertz CT molecular complexity index is 429. The number of aryl methyl sites for hydroxylation is 1. The summed E-state index contributed by atoms with van der Waals surface area (Å²) >= 11 is 0. The molecule has 0 aromatic heterocycles. The number of benzene rings is 1. The Kier molecular flexibility index (Phi) is 3.87. The summed E-state index contributed by atoms with van der Waals surface area (Å²) in [5.74, 6) is 0. The van der Waals surface area contributed by atoms with Gasteiger partial charge in [-0.1, -0.05) is 37.1 Å². The van der Waals surface area contributed by atoms with E-state index >= 15 is 0 Å². The van der Waals surface area contributed by atoms with Gasteiger partial charge in [-0.3, -0.25) is 4.90 Å². The molecular formula is C16H23NO2. The summed E-state index contributed by atoms with van der Waals surface area (Å²) in [6.07, 6.45) is 5.18. The first kappa shape index (κ1) is 13.1. The van der Waals surface area contributed by atoms with Gasteiger partial charge in [0.1, 0.15) is 6.23 Å². The Labute approximate surface area is 115 Å². The topological polar surface area (TPSA) is 32.7 Å². The van der Waals surface area contributed by atoms with Crippen LogP contribution in [0.5, 0.6) is 0 Å². The molecule has 1 saturated carbocycles. The van der Waals surface area contributed by atoms with Gasteiger partial charge in [0, 0.05) is 12.6 Å². The second-order valence-electron chi connectivity index (χ2n) is 5.78. The van der Waals surface area contributed by atoms with Gasteiger partial charge in [0.2, 0.25) is 0 Å². The summed E-state index contributed by atoms with van der Waals surface area (Å²) in [6, 6.07) is 9.06. The minimum atomic E-state index is -0.0368. The van der Waals surface area contributed by atoms with Gasteiger partial charge in [0.15, 0.2) is 0 Å². The third-order valence-corrected chi connectivity index (χ3v) is 4.49. The van der Waals surface area contributed by atoms with Gasteiger partial charge < -0.3 is 9.84 Å². The van der Waals surface area contributed by atoms with Gasteiger partial charge >= 0.3 is 0 Å². The van der Waals surface area contributed by atoms with Gasteiger partial charge in [0.25, 0.3) is 0 Å². The van der Waals surface area contributed by atoms with Crippen LogP contribution in [0.15, 0.2) is 24.3 Å². The molecule has 1 saturated heterocycles. The van der Waals surface area contributed by atoms with Crippen LogP contribution in [0.2, 0.25) is 0 Å². The Morgan fingerprint density at radius 2 is 2.00 bits per heavy atom. The van der Waals surface area contributed by atoms with Crippen molar-refractivity contribution in [2.75, 3.05) is 13.2 Å². The normalized spacial score (nSPS) is 29.2. The van der Waals surface area contributed by atoms with Crippen molar-refractivity contribution in [1.29, 1.82) is 0 Å². The molecule has 1 heterocycles. The Balaban J connectivity index is 1.86. The lowest BCUT2D eigenvalue weighted by atomic mass is 10.1. The molecule has 2 aliphatic rings. The number of ether oxygens (including phenoxy) is 1. The largest absolute Gasteiger partial charge is 0.394 e. The van der Waals surface area contributed by atoms with E-state index in [4.69, 9.17) is 4.74 Å².